The third kappa shape index (κ3) is 7.45. The molecule has 3 heterocycles. The number of halogens is 3. The number of carbonyl (C=O) groups is 3. The second-order valence-electron chi connectivity index (χ2n) is 7.78. The van der Waals surface area contributed by atoms with Crippen LogP contribution in [0.25, 0.3) is 0 Å². The number of hydrogen-bond donors (Lipinski definition) is 2. The minimum absolute atomic E-state index is 0.00859. The van der Waals surface area contributed by atoms with Crippen LogP contribution in [-0.4, -0.2) is 96.8 Å². The fourth-order valence-electron chi connectivity index (χ4n) is 3.78. The molecule has 2 aliphatic rings. The molecular formula is C20H27F3N4O5. The maximum absolute atomic E-state index is 12.8. The van der Waals surface area contributed by atoms with E-state index in [4.69, 9.17) is 14.6 Å². The quantitative estimate of drug-likeness (QED) is 0.693. The van der Waals surface area contributed by atoms with Crippen LogP contribution in [0.3, 0.4) is 0 Å². The van der Waals surface area contributed by atoms with E-state index in [2.05, 4.69) is 15.2 Å². The summed E-state index contributed by atoms with van der Waals surface area (Å²) in [6, 6.07) is 5.40. The summed E-state index contributed by atoms with van der Waals surface area (Å²) in [4.78, 5) is 41.6. The Morgan fingerprint density at radius 3 is 2.56 bits per heavy atom. The van der Waals surface area contributed by atoms with Crippen molar-refractivity contribution in [2.24, 2.45) is 5.41 Å². The van der Waals surface area contributed by atoms with Gasteiger partial charge >= 0.3 is 12.1 Å². The maximum Gasteiger partial charge on any atom is 0.490 e. The standard InChI is InChI=1S/C18H26N4O3.C2HF3O2/c1-19-16(23)11-21-9-10-25-14-18(12-21)6-4-8-22(13-18)17(24)15-5-2-3-7-20-15;3-2(4,5)1(6)7/h2-3,5,7H,4,6,8-14H2,1H3,(H,19,23);(H,6,7). The van der Waals surface area contributed by atoms with Crippen molar-refractivity contribution in [1.82, 2.24) is 20.1 Å². The number of nitrogens with one attached hydrogen (secondary N) is 1. The number of aromatic nitrogens is 1. The number of amides is 2. The van der Waals surface area contributed by atoms with Crippen molar-refractivity contribution in [2.45, 2.75) is 19.0 Å². The summed E-state index contributed by atoms with van der Waals surface area (Å²) >= 11 is 0. The van der Waals surface area contributed by atoms with Gasteiger partial charge in [-0.25, -0.2) is 4.79 Å². The first kappa shape index (κ1) is 25.5. The molecule has 0 aliphatic carbocycles. The van der Waals surface area contributed by atoms with E-state index >= 15 is 0 Å². The Kier molecular flexibility index (Phi) is 8.96. The molecule has 1 aromatic rings. The van der Waals surface area contributed by atoms with Gasteiger partial charge in [0.15, 0.2) is 0 Å². The second-order valence-corrected chi connectivity index (χ2v) is 7.78. The molecule has 1 atom stereocenters. The SMILES string of the molecule is CNC(=O)CN1CCOCC2(CCCN(C(=O)c3ccccn3)C2)C1.O=C(O)C(F)(F)F. The summed E-state index contributed by atoms with van der Waals surface area (Å²) in [5.74, 6) is -2.77. The van der Waals surface area contributed by atoms with Crippen LogP contribution in [-0.2, 0) is 14.3 Å². The molecule has 2 N–H and O–H groups in total. The van der Waals surface area contributed by atoms with Crippen LogP contribution in [0.4, 0.5) is 13.2 Å². The summed E-state index contributed by atoms with van der Waals surface area (Å²) < 4.78 is 37.6. The van der Waals surface area contributed by atoms with E-state index in [1.54, 1.807) is 19.3 Å². The highest BCUT2D eigenvalue weighted by atomic mass is 19.4. The Morgan fingerprint density at radius 1 is 1.25 bits per heavy atom. The molecule has 1 unspecified atom stereocenters. The van der Waals surface area contributed by atoms with Gasteiger partial charge in [0.25, 0.3) is 5.91 Å². The topological polar surface area (TPSA) is 112 Å². The molecule has 0 bridgehead atoms. The fraction of sp³-hybridized carbons (Fsp3) is 0.600. The van der Waals surface area contributed by atoms with E-state index in [-0.39, 0.29) is 17.2 Å². The number of carboxylic acids is 1. The van der Waals surface area contributed by atoms with Crippen molar-refractivity contribution in [3.05, 3.63) is 30.1 Å². The normalized spacial score (nSPS) is 21.8. The van der Waals surface area contributed by atoms with Gasteiger partial charge in [-0.2, -0.15) is 13.2 Å². The number of hydrogen-bond acceptors (Lipinski definition) is 6. The lowest BCUT2D eigenvalue weighted by molar-refractivity contribution is -0.192. The highest BCUT2D eigenvalue weighted by Crippen LogP contribution is 2.33. The van der Waals surface area contributed by atoms with Gasteiger partial charge in [-0.15, -0.1) is 0 Å². The first-order chi connectivity index (χ1) is 15.1. The van der Waals surface area contributed by atoms with Crippen molar-refractivity contribution in [3.63, 3.8) is 0 Å². The van der Waals surface area contributed by atoms with Crippen molar-refractivity contribution < 1.29 is 37.4 Å². The Balaban J connectivity index is 0.000000451. The summed E-state index contributed by atoms with van der Waals surface area (Å²) in [6.07, 6.45) is -1.49. The van der Waals surface area contributed by atoms with Gasteiger partial charge in [0.05, 0.1) is 19.8 Å². The number of piperidine rings is 1. The molecule has 178 valence electrons. The molecule has 1 aromatic heterocycles. The Labute approximate surface area is 183 Å². The van der Waals surface area contributed by atoms with E-state index < -0.39 is 12.1 Å². The highest BCUT2D eigenvalue weighted by Gasteiger charge is 2.41. The third-order valence-electron chi connectivity index (χ3n) is 5.24. The van der Waals surface area contributed by atoms with Gasteiger partial charge in [0.1, 0.15) is 5.69 Å². The van der Waals surface area contributed by atoms with Gasteiger partial charge in [0.2, 0.25) is 5.91 Å². The third-order valence-corrected chi connectivity index (χ3v) is 5.24. The molecule has 2 amide bonds. The van der Waals surface area contributed by atoms with E-state index in [1.807, 2.05) is 17.0 Å². The maximum atomic E-state index is 12.8. The van der Waals surface area contributed by atoms with Crippen LogP contribution in [0.2, 0.25) is 0 Å². The van der Waals surface area contributed by atoms with Gasteiger partial charge in [-0.3, -0.25) is 19.5 Å². The summed E-state index contributed by atoms with van der Waals surface area (Å²) in [7, 11) is 1.65. The molecule has 9 nitrogen and oxygen atoms in total. The van der Waals surface area contributed by atoms with E-state index in [0.29, 0.717) is 32.0 Å². The molecule has 2 aliphatic heterocycles. The number of rotatable bonds is 3. The summed E-state index contributed by atoms with van der Waals surface area (Å²) in [5.41, 5.74) is 0.365. The molecule has 2 saturated heterocycles. The number of ether oxygens (including phenoxy) is 1. The number of likely N-dealkylation sites (N-methyl/N-ethyl adjacent to an activating group) is 1. The van der Waals surface area contributed by atoms with Crippen LogP contribution < -0.4 is 5.32 Å². The van der Waals surface area contributed by atoms with Crippen LogP contribution in [0, 0.1) is 5.41 Å². The Morgan fingerprint density at radius 2 is 1.97 bits per heavy atom. The van der Waals surface area contributed by atoms with Crippen LogP contribution in [0.15, 0.2) is 24.4 Å². The lowest BCUT2D eigenvalue weighted by atomic mass is 9.80. The van der Waals surface area contributed by atoms with Crippen molar-refractivity contribution in [3.8, 4) is 0 Å². The number of aliphatic carboxylic acids is 1. The summed E-state index contributed by atoms with van der Waals surface area (Å²) in [5, 5.41) is 9.80. The number of pyridine rings is 1. The van der Waals surface area contributed by atoms with Gasteiger partial charge in [0, 0.05) is 44.8 Å². The zero-order valence-electron chi connectivity index (χ0n) is 17.7. The minimum atomic E-state index is -5.08. The van der Waals surface area contributed by atoms with Crippen LogP contribution in [0.5, 0.6) is 0 Å². The number of carboxylic acid groups (broad SMARTS) is 1. The molecular weight excluding hydrogens is 433 g/mol. The predicted octanol–water partition coefficient (Wildman–Crippen LogP) is 1.02. The average Bonchev–Trinajstić information content (AvgIpc) is 2.95. The van der Waals surface area contributed by atoms with Crippen molar-refractivity contribution in [2.75, 3.05) is 53.0 Å². The van der Waals surface area contributed by atoms with Gasteiger partial charge < -0.3 is 20.1 Å². The molecule has 0 radical (unpaired) electrons. The smallest absolute Gasteiger partial charge is 0.475 e. The molecule has 0 saturated carbocycles. The molecule has 3 rings (SSSR count). The number of alkyl halides is 3. The lowest BCUT2D eigenvalue weighted by Crippen LogP contribution is -2.53. The van der Waals surface area contributed by atoms with Gasteiger partial charge in [-0.05, 0) is 25.0 Å². The zero-order chi connectivity index (χ0) is 23.8. The Hall–Kier alpha value is -2.73. The molecule has 2 fully saturated rings. The van der Waals surface area contributed by atoms with E-state index in [9.17, 15) is 22.8 Å². The molecule has 0 aromatic carbocycles. The molecule has 1 spiro atoms. The highest BCUT2D eigenvalue weighted by molar-refractivity contribution is 5.92. The largest absolute Gasteiger partial charge is 0.490 e. The number of nitrogens with zero attached hydrogens (tertiary/aromatic N) is 3. The first-order valence-electron chi connectivity index (χ1n) is 10.1. The predicted molar refractivity (Wildman–Crippen MR) is 107 cm³/mol. The van der Waals surface area contributed by atoms with E-state index in [0.717, 1.165) is 32.5 Å². The number of likely N-dealkylation sites (tertiary alicyclic amines) is 1. The van der Waals surface area contributed by atoms with Crippen molar-refractivity contribution >= 4 is 17.8 Å². The average molecular weight is 460 g/mol. The minimum Gasteiger partial charge on any atom is -0.475 e. The van der Waals surface area contributed by atoms with E-state index in [1.165, 1.54) is 0 Å². The van der Waals surface area contributed by atoms with Crippen molar-refractivity contribution in [1.29, 1.82) is 0 Å². The summed E-state index contributed by atoms with van der Waals surface area (Å²) in [6.45, 7) is 4.51. The molecule has 32 heavy (non-hydrogen) atoms. The first-order valence-corrected chi connectivity index (χ1v) is 10.1. The van der Waals surface area contributed by atoms with Gasteiger partial charge in [-0.1, -0.05) is 6.07 Å². The Bertz CT molecular complexity index is 793. The number of carbonyl (C=O) groups excluding carboxylic acids is 2. The van der Waals surface area contributed by atoms with Crippen LogP contribution in [0.1, 0.15) is 23.3 Å². The monoisotopic (exact) mass is 460 g/mol. The fourth-order valence-corrected chi connectivity index (χ4v) is 3.78. The van der Waals surface area contributed by atoms with Crippen LogP contribution >= 0.6 is 0 Å². The zero-order valence-corrected chi connectivity index (χ0v) is 17.7. The lowest BCUT2D eigenvalue weighted by Gasteiger charge is -2.43. The molecule has 12 heteroatoms. The second kappa shape index (κ2) is 11.2.